The van der Waals surface area contributed by atoms with Gasteiger partial charge in [0.1, 0.15) is 0 Å². The third-order valence-corrected chi connectivity index (χ3v) is 6.43. The Bertz CT molecular complexity index is 692. The number of nitrogens with zero attached hydrogens (tertiary/aromatic N) is 1. The highest BCUT2D eigenvalue weighted by molar-refractivity contribution is 7.99. The smallest absolute Gasteiger partial charge is 0.226 e. The summed E-state index contributed by atoms with van der Waals surface area (Å²) in [5.41, 5.74) is 2.74. The minimum absolute atomic E-state index is 0.259. The summed E-state index contributed by atoms with van der Waals surface area (Å²) in [6.07, 6.45) is 6.65. The van der Waals surface area contributed by atoms with E-state index in [-0.39, 0.29) is 5.91 Å². The minimum atomic E-state index is 0.259. The lowest BCUT2D eigenvalue weighted by Gasteiger charge is -2.40. The van der Waals surface area contributed by atoms with Crippen molar-refractivity contribution in [3.8, 4) is 0 Å². The number of hydrogen-bond donors (Lipinski definition) is 0. The number of hydrogen-bond acceptors (Lipinski definition) is 3. The summed E-state index contributed by atoms with van der Waals surface area (Å²) < 4.78 is 5.76. The van der Waals surface area contributed by atoms with Crippen molar-refractivity contribution in [2.24, 2.45) is 0 Å². The SMILES string of the molecule is O=C1CC(SCc2ccccc2)N1CCOCCCCCCc1ccccc1. The highest BCUT2D eigenvalue weighted by atomic mass is 32.2. The van der Waals surface area contributed by atoms with Crippen molar-refractivity contribution in [1.29, 1.82) is 0 Å². The molecule has 0 aliphatic carbocycles. The first-order valence-electron chi connectivity index (χ1n) is 10.4. The van der Waals surface area contributed by atoms with E-state index >= 15 is 0 Å². The van der Waals surface area contributed by atoms with Gasteiger partial charge in [-0.2, -0.15) is 0 Å². The van der Waals surface area contributed by atoms with Crippen LogP contribution in [0.3, 0.4) is 0 Å². The molecule has 1 unspecified atom stereocenters. The Kier molecular flexibility index (Phi) is 8.92. The lowest BCUT2D eigenvalue weighted by molar-refractivity contribution is -0.142. The molecule has 0 spiro atoms. The molecule has 1 amide bonds. The van der Waals surface area contributed by atoms with Crippen LogP contribution in [0.25, 0.3) is 0 Å². The van der Waals surface area contributed by atoms with E-state index in [1.54, 1.807) is 0 Å². The van der Waals surface area contributed by atoms with Crippen LogP contribution in [0, 0.1) is 0 Å². The van der Waals surface area contributed by atoms with Crippen LogP contribution in [0.5, 0.6) is 0 Å². The second-order valence-electron chi connectivity index (χ2n) is 7.30. The first-order chi connectivity index (χ1) is 13.8. The number of rotatable bonds is 13. The summed E-state index contributed by atoms with van der Waals surface area (Å²) in [4.78, 5) is 13.8. The van der Waals surface area contributed by atoms with E-state index in [1.165, 1.54) is 36.8 Å². The van der Waals surface area contributed by atoms with E-state index < -0.39 is 0 Å². The molecule has 3 nitrogen and oxygen atoms in total. The van der Waals surface area contributed by atoms with Crippen LogP contribution in [0.1, 0.15) is 43.2 Å². The quantitative estimate of drug-likeness (QED) is 0.339. The van der Waals surface area contributed by atoms with Crippen LogP contribution in [-0.2, 0) is 21.7 Å². The van der Waals surface area contributed by atoms with Crippen LogP contribution >= 0.6 is 11.8 Å². The van der Waals surface area contributed by atoms with E-state index in [1.807, 2.05) is 22.7 Å². The van der Waals surface area contributed by atoms with Crippen molar-refractivity contribution in [3.05, 3.63) is 71.8 Å². The molecule has 0 aromatic heterocycles. The van der Waals surface area contributed by atoms with Crippen LogP contribution in [-0.4, -0.2) is 35.9 Å². The maximum absolute atomic E-state index is 11.9. The molecule has 0 bridgehead atoms. The monoisotopic (exact) mass is 397 g/mol. The van der Waals surface area contributed by atoms with Crippen molar-refractivity contribution < 1.29 is 9.53 Å². The van der Waals surface area contributed by atoms with E-state index in [0.717, 1.165) is 25.3 Å². The molecule has 2 aromatic carbocycles. The van der Waals surface area contributed by atoms with Crippen molar-refractivity contribution in [2.75, 3.05) is 19.8 Å². The van der Waals surface area contributed by atoms with E-state index in [2.05, 4.69) is 54.6 Å². The third-order valence-electron chi connectivity index (χ3n) is 5.13. The Hall–Kier alpha value is -1.78. The predicted molar refractivity (Wildman–Crippen MR) is 117 cm³/mol. The fourth-order valence-electron chi connectivity index (χ4n) is 3.41. The van der Waals surface area contributed by atoms with Crippen molar-refractivity contribution >= 4 is 17.7 Å². The van der Waals surface area contributed by atoms with Crippen LogP contribution in [0.15, 0.2) is 60.7 Å². The molecule has 1 aliphatic heterocycles. The first kappa shape index (κ1) is 20.9. The van der Waals surface area contributed by atoms with Crippen LogP contribution in [0.2, 0.25) is 0 Å². The molecule has 2 aromatic rings. The summed E-state index contributed by atoms with van der Waals surface area (Å²) in [6.45, 7) is 2.17. The summed E-state index contributed by atoms with van der Waals surface area (Å²) >= 11 is 1.85. The van der Waals surface area contributed by atoms with Gasteiger partial charge < -0.3 is 9.64 Å². The first-order valence-corrected chi connectivity index (χ1v) is 11.4. The number of β-lactam (4-membered cyclic amide) rings is 1. The maximum atomic E-state index is 11.9. The van der Waals surface area contributed by atoms with Gasteiger partial charge in [-0.1, -0.05) is 73.5 Å². The summed E-state index contributed by atoms with van der Waals surface area (Å²) in [7, 11) is 0. The zero-order valence-electron chi connectivity index (χ0n) is 16.6. The molecular weight excluding hydrogens is 366 g/mol. The average Bonchev–Trinajstić information content (AvgIpc) is 2.73. The van der Waals surface area contributed by atoms with Crippen molar-refractivity contribution in [3.63, 3.8) is 0 Å². The van der Waals surface area contributed by atoms with Gasteiger partial charge in [0.05, 0.1) is 18.4 Å². The Labute approximate surface area is 173 Å². The number of thioether (sulfide) groups is 1. The van der Waals surface area contributed by atoms with E-state index in [0.29, 0.717) is 18.4 Å². The lowest BCUT2D eigenvalue weighted by atomic mass is 10.1. The molecular formula is C24H31NO2S. The fraction of sp³-hybridized carbons (Fsp3) is 0.458. The third kappa shape index (κ3) is 6.99. The zero-order valence-corrected chi connectivity index (χ0v) is 17.4. The molecule has 1 saturated heterocycles. The number of carbonyl (C=O) groups is 1. The summed E-state index contributed by atoms with van der Waals surface area (Å²) in [6, 6.07) is 21.1. The number of likely N-dealkylation sites (tertiary alicyclic amines) is 1. The number of amides is 1. The zero-order chi connectivity index (χ0) is 19.4. The number of unbranched alkanes of at least 4 members (excludes halogenated alkanes) is 3. The molecule has 1 aliphatic rings. The number of benzene rings is 2. The Morgan fingerprint density at radius 3 is 2.25 bits per heavy atom. The number of carbonyl (C=O) groups excluding carboxylic acids is 1. The molecule has 0 saturated carbocycles. The van der Waals surface area contributed by atoms with Gasteiger partial charge in [-0.05, 0) is 30.4 Å². The fourth-order valence-corrected chi connectivity index (χ4v) is 4.65. The second kappa shape index (κ2) is 11.9. The molecule has 28 heavy (non-hydrogen) atoms. The summed E-state index contributed by atoms with van der Waals surface area (Å²) in [5.74, 6) is 1.22. The van der Waals surface area contributed by atoms with Crippen LogP contribution < -0.4 is 0 Å². The molecule has 3 rings (SSSR count). The molecule has 1 heterocycles. The van der Waals surface area contributed by atoms with Gasteiger partial charge in [-0.3, -0.25) is 4.79 Å². The van der Waals surface area contributed by atoms with E-state index in [4.69, 9.17) is 4.74 Å². The van der Waals surface area contributed by atoms with Gasteiger partial charge >= 0.3 is 0 Å². The molecule has 1 fully saturated rings. The summed E-state index contributed by atoms with van der Waals surface area (Å²) in [5, 5.41) is 0.314. The molecule has 1 atom stereocenters. The largest absolute Gasteiger partial charge is 0.380 e. The standard InChI is InChI=1S/C24H31NO2S/c26-23-19-24(28-20-22-14-8-4-9-15-22)25(23)16-18-27-17-10-2-1-5-11-21-12-6-3-7-13-21/h3-4,6-9,12-15,24H,1-2,5,10-11,16-20H2. The van der Waals surface area contributed by atoms with Gasteiger partial charge in [0, 0.05) is 18.9 Å². The number of ether oxygens (including phenoxy) is 1. The maximum Gasteiger partial charge on any atom is 0.226 e. The molecule has 4 heteroatoms. The topological polar surface area (TPSA) is 29.5 Å². The van der Waals surface area contributed by atoms with Gasteiger partial charge in [0.2, 0.25) is 5.91 Å². The van der Waals surface area contributed by atoms with Crippen LogP contribution in [0.4, 0.5) is 0 Å². The lowest BCUT2D eigenvalue weighted by Crippen LogP contribution is -2.52. The second-order valence-corrected chi connectivity index (χ2v) is 8.47. The van der Waals surface area contributed by atoms with Gasteiger partial charge in [0.25, 0.3) is 0 Å². The normalized spacial score (nSPS) is 16.2. The van der Waals surface area contributed by atoms with E-state index in [9.17, 15) is 4.79 Å². The van der Waals surface area contributed by atoms with Gasteiger partial charge in [-0.15, -0.1) is 11.8 Å². The predicted octanol–water partition coefficient (Wildman–Crippen LogP) is 5.30. The van der Waals surface area contributed by atoms with Gasteiger partial charge in [0.15, 0.2) is 0 Å². The Morgan fingerprint density at radius 1 is 0.857 bits per heavy atom. The minimum Gasteiger partial charge on any atom is -0.380 e. The van der Waals surface area contributed by atoms with Crippen molar-refractivity contribution in [1.82, 2.24) is 4.90 Å². The Balaban J connectivity index is 1.18. The molecule has 0 radical (unpaired) electrons. The average molecular weight is 398 g/mol. The highest BCUT2D eigenvalue weighted by Crippen LogP contribution is 2.31. The molecule has 0 N–H and O–H groups in total. The Morgan fingerprint density at radius 2 is 1.54 bits per heavy atom. The van der Waals surface area contributed by atoms with Crippen molar-refractivity contribution in [2.45, 2.75) is 49.7 Å². The highest BCUT2D eigenvalue weighted by Gasteiger charge is 2.35. The number of aryl methyl sites for hydroxylation is 1. The van der Waals surface area contributed by atoms with Gasteiger partial charge in [-0.25, -0.2) is 0 Å². The molecule has 150 valence electrons.